The molecule has 3 nitrogen and oxygen atoms in total. The number of carbonyl (C=O) groups excluding carboxylic acids is 1. The van der Waals surface area contributed by atoms with E-state index in [9.17, 15) is 4.79 Å². The molecule has 0 amide bonds. The molecule has 0 aromatic rings. The molecule has 0 aromatic carbocycles. The molecule has 0 radical (unpaired) electrons. The molecule has 1 aliphatic carbocycles. The van der Waals surface area contributed by atoms with Crippen molar-refractivity contribution in [2.24, 2.45) is 5.92 Å². The van der Waals surface area contributed by atoms with Gasteiger partial charge in [0.2, 0.25) is 0 Å². The number of rotatable bonds is 2. The lowest BCUT2D eigenvalue weighted by Crippen LogP contribution is -2.28. The Kier molecular flexibility index (Phi) is 2.52. The van der Waals surface area contributed by atoms with Gasteiger partial charge in [0.25, 0.3) is 0 Å². The molecule has 0 bridgehead atoms. The molecular formula is C11H18O3. The fourth-order valence-corrected chi connectivity index (χ4v) is 2.57. The fraction of sp³-hybridized carbons (Fsp3) is 0.909. The number of esters is 1. The largest absolute Gasteiger partial charge is 0.464 e. The maximum Gasteiger partial charge on any atom is 0.338 e. The summed E-state index contributed by atoms with van der Waals surface area (Å²) in [6.45, 7) is 4.51. The summed E-state index contributed by atoms with van der Waals surface area (Å²) in [5, 5.41) is 0. The van der Waals surface area contributed by atoms with E-state index >= 15 is 0 Å². The average Bonchev–Trinajstić information content (AvgIpc) is 2.79. The molecule has 80 valence electrons. The van der Waals surface area contributed by atoms with Crippen LogP contribution in [0.1, 0.15) is 39.5 Å². The zero-order valence-corrected chi connectivity index (χ0v) is 8.91. The molecule has 2 fully saturated rings. The second-order valence-corrected chi connectivity index (χ2v) is 4.52. The van der Waals surface area contributed by atoms with Crippen molar-refractivity contribution in [1.82, 2.24) is 0 Å². The SMILES string of the molecule is CCOC(=O)C1OC12CCCC(C)C2. The molecule has 2 rings (SSSR count). The lowest BCUT2D eigenvalue weighted by atomic mass is 9.80. The zero-order valence-electron chi connectivity index (χ0n) is 8.91. The highest BCUT2D eigenvalue weighted by molar-refractivity contribution is 5.79. The third-order valence-electron chi connectivity index (χ3n) is 3.26. The summed E-state index contributed by atoms with van der Waals surface area (Å²) < 4.78 is 10.5. The van der Waals surface area contributed by atoms with E-state index in [0.29, 0.717) is 12.5 Å². The van der Waals surface area contributed by atoms with E-state index in [1.807, 2.05) is 6.92 Å². The summed E-state index contributed by atoms with van der Waals surface area (Å²) in [7, 11) is 0. The molecule has 0 N–H and O–H groups in total. The molecule has 14 heavy (non-hydrogen) atoms. The predicted molar refractivity (Wildman–Crippen MR) is 51.9 cm³/mol. The van der Waals surface area contributed by atoms with Gasteiger partial charge in [0.05, 0.1) is 6.61 Å². The Balaban J connectivity index is 1.91. The third-order valence-corrected chi connectivity index (χ3v) is 3.26. The number of hydrogen-bond donors (Lipinski definition) is 0. The van der Waals surface area contributed by atoms with E-state index in [-0.39, 0.29) is 17.7 Å². The molecule has 1 saturated carbocycles. The Bertz CT molecular complexity index is 239. The Morgan fingerprint density at radius 1 is 1.64 bits per heavy atom. The van der Waals surface area contributed by atoms with Gasteiger partial charge in [0, 0.05) is 0 Å². The highest BCUT2D eigenvalue weighted by atomic mass is 16.7. The van der Waals surface area contributed by atoms with E-state index in [1.54, 1.807) is 0 Å². The van der Waals surface area contributed by atoms with Crippen LogP contribution in [-0.4, -0.2) is 24.3 Å². The normalized spacial score (nSPS) is 41.0. The molecular weight excluding hydrogens is 180 g/mol. The maximum atomic E-state index is 11.4. The second-order valence-electron chi connectivity index (χ2n) is 4.52. The molecule has 3 atom stereocenters. The van der Waals surface area contributed by atoms with Crippen LogP contribution in [0, 0.1) is 5.92 Å². The van der Waals surface area contributed by atoms with E-state index < -0.39 is 0 Å². The molecule has 2 aliphatic rings. The Hall–Kier alpha value is -0.570. The number of hydrogen-bond acceptors (Lipinski definition) is 3. The van der Waals surface area contributed by atoms with Gasteiger partial charge in [0.15, 0.2) is 6.10 Å². The van der Waals surface area contributed by atoms with E-state index in [4.69, 9.17) is 9.47 Å². The van der Waals surface area contributed by atoms with Crippen molar-refractivity contribution >= 4 is 5.97 Å². The standard InChI is InChI=1S/C11H18O3/c1-3-13-10(12)9-11(14-9)6-4-5-8(2)7-11/h8-9H,3-7H2,1-2H3. The summed E-state index contributed by atoms with van der Waals surface area (Å²) in [5.74, 6) is 0.518. The van der Waals surface area contributed by atoms with Crippen LogP contribution in [0.4, 0.5) is 0 Å². The van der Waals surface area contributed by atoms with Gasteiger partial charge in [-0.1, -0.05) is 19.8 Å². The van der Waals surface area contributed by atoms with Gasteiger partial charge < -0.3 is 9.47 Å². The molecule has 3 unspecified atom stereocenters. The van der Waals surface area contributed by atoms with Crippen LogP contribution in [0.2, 0.25) is 0 Å². The first-order chi connectivity index (χ1) is 6.68. The van der Waals surface area contributed by atoms with Gasteiger partial charge >= 0.3 is 5.97 Å². The van der Waals surface area contributed by atoms with Crippen LogP contribution in [0.15, 0.2) is 0 Å². The Labute approximate surface area is 84.8 Å². The highest BCUT2D eigenvalue weighted by Crippen LogP contribution is 2.50. The lowest BCUT2D eigenvalue weighted by Gasteiger charge is -2.23. The van der Waals surface area contributed by atoms with Gasteiger partial charge in [-0.3, -0.25) is 0 Å². The van der Waals surface area contributed by atoms with Crippen LogP contribution in [0.25, 0.3) is 0 Å². The molecule has 1 spiro atoms. The van der Waals surface area contributed by atoms with E-state index in [1.165, 1.54) is 12.8 Å². The first kappa shape index (κ1) is 9.97. The van der Waals surface area contributed by atoms with Crippen molar-refractivity contribution < 1.29 is 14.3 Å². The van der Waals surface area contributed by atoms with Crippen LogP contribution < -0.4 is 0 Å². The highest BCUT2D eigenvalue weighted by Gasteiger charge is 2.62. The van der Waals surface area contributed by atoms with Crippen molar-refractivity contribution in [2.45, 2.75) is 51.2 Å². The summed E-state index contributed by atoms with van der Waals surface area (Å²) in [4.78, 5) is 11.4. The van der Waals surface area contributed by atoms with Crippen LogP contribution in [0.3, 0.4) is 0 Å². The molecule has 1 saturated heterocycles. The van der Waals surface area contributed by atoms with E-state index in [0.717, 1.165) is 12.8 Å². The lowest BCUT2D eigenvalue weighted by molar-refractivity contribution is -0.144. The van der Waals surface area contributed by atoms with Crippen LogP contribution in [-0.2, 0) is 14.3 Å². The molecule has 0 aromatic heterocycles. The van der Waals surface area contributed by atoms with Crippen molar-refractivity contribution in [3.05, 3.63) is 0 Å². The van der Waals surface area contributed by atoms with Crippen molar-refractivity contribution in [1.29, 1.82) is 0 Å². The minimum Gasteiger partial charge on any atom is -0.464 e. The third kappa shape index (κ3) is 1.65. The number of ether oxygens (including phenoxy) is 2. The minimum atomic E-state index is -0.259. The van der Waals surface area contributed by atoms with Gasteiger partial charge in [0.1, 0.15) is 5.60 Å². The van der Waals surface area contributed by atoms with Gasteiger partial charge in [-0.05, 0) is 25.7 Å². The predicted octanol–water partition coefficient (Wildman–Crippen LogP) is 1.90. The fourth-order valence-electron chi connectivity index (χ4n) is 2.57. The van der Waals surface area contributed by atoms with Crippen LogP contribution >= 0.6 is 0 Å². The van der Waals surface area contributed by atoms with Gasteiger partial charge in [-0.2, -0.15) is 0 Å². The summed E-state index contributed by atoms with van der Waals surface area (Å²) >= 11 is 0. The smallest absolute Gasteiger partial charge is 0.338 e. The minimum absolute atomic E-state index is 0.135. The van der Waals surface area contributed by atoms with E-state index in [2.05, 4.69) is 6.92 Å². The van der Waals surface area contributed by atoms with Crippen molar-refractivity contribution in [3.8, 4) is 0 Å². The van der Waals surface area contributed by atoms with Crippen molar-refractivity contribution in [2.75, 3.05) is 6.61 Å². The molecule has 1 aliphatic heterocycles. The number of epoxide rings is 1. The van der Waals surface area contributed by atoms with Crippen molar-refractivity contribution in [3.63, 3.8) is 0 Å². The second kappa shape index (κ2) is 3.54. The van der Waals surface area contributed by atoms with Gasteiger partial charge in [-0.15, -0.1) is 0 Å². The topological polar surface area (TPSA) is 38.8 Å². The van der Waals surface area contributed by atoms with Crippen LogP contribution in [0.5, 0.6) is 0 Å². The monoisotopic (exact) mass is 198 g/mol. The zero-order chi connectivity index (χ0) is 10.2. The summed E-state index contributed by atoms with van der Waals surface area (Å²) in [5.41, 5.74) is -0.135. The summed E-state index contributed by atoms with van der Waals surface area (Å²) in [6, 6.07) is 0. The molecule has 1 heterocycles. The number of carbonyl (C=O) groups is 1. The Morgan fingerprint density at radius 3 is 3.07 bits per heavy atom. The first-order valence-corrected chi connectivity index (χ1v) is 5.52. The van der Waals surface area contributed by atoms with Gasteiger partial charge in [-0.25, -0.2) is 4.79 Å². The quantitative estimate of drug-likeness (QED) is 0.502. The maximum absolute atomic E-state index is 11.4. The Morgan fingerprint density at radius 2 is 2.43 bits per heavy atom. The average molecular weight is 198 g/mol. The summed E-state index contributed by atoms with van der Waals surface area (Å²) in [6.07, 6.45) is 4.24. The first-order valence-electron chi connectivity index (χ1n) is 5.52. The molecule has 3 heteroatoms.